The molecule has 2 N–H and O–H groups in total. The van der Waals surface area contributed by atoms with E-state index in [9.17, 15) is 10.2 Å². The van der Waals surface area contributed by atoms with Crippen LogP contribution in [0.2, 0.25) is 0 Å². The molecule has 0 saturated carbocycles. The van der Waals surface area contributed by atoms with Gasteiger partial charge in [-0.25, -0.2) is 0 Å². The van der Waals surface area contributed by atoms with Gasteiger partial charge in [0.05, 0.1) is 0 Å². The number of rotatable bonds is 1. The van der Waals surface area contributed by atoms with Crippen LogP contribution >= 0.6 is 0 Å². The fourth-order valence-electron chi connectivity index (χ4n) is 3.76. The van der Waals surface area contributed by atoms with E-state index in [-0.39, 0.29) is 0 Å². The molecule has 4 aromatic carbocycles. The topological polar surface area (TPSA) is 40.5 Å². The molecule has 0 atom stereocenters. The van der Waals surface area contributed by atoms with Crippen LogP contribution in [-0.2, 0) is 12.8 Å². The van der Waals surface area contributed by atoms with Crippen LogP contribution in [0.25, 0.3) is 11.1 Å². The predicted octanol–water partition coefficient (Wildman–Crippen LogP) is 7.18. The van der Waals surface area contributed by atoms with Crippen molar-refractivity contribution in [2.45, 2.75) is 40.5 Å². The Balaban J connectivity index is 0.000000121. The molecule has 0 bridgehead atoms. The highest BCUT2D eigenvalue weighted by Crippen LogP contribution is 2.36. The van der Waals surface area contributed by atoms with Crippen LogP contribution in [0.15, 0.2) is 72.8 Å². The highest BCUT2D eigenvalue weighted by molar-refractivity contribution is 5.70. The Hall–Kier alpha value is -3.52. The van der Waals surface area contributed by atoms with Crippen LogP contribution in [0.3, 0.4) is 0 Å². The summed E-state index contributed by atoms with van der Waals surface area (Å²) in [5.41, 5.74) is 12.7. The maximum Gasteiger partial charge on any atom is 0.121 e. The second-order valence-electron chi connectivity index (χ2n) is 8.80. The minimum absolute atomic E-state index is 0.414. The van der Waals surface area contributed by atoms with E-state index in [0.29, 0.717) is 11.5 Å². The number of hydrogen-bond acceptors (Lipinski definition) is 2. The summed E-state index contributed by atoms with van der Waals surface area (Å²) >= 11 is 0. The summed E-state index contributed by atoms with van der Waals surface area (Å²) in [5, 5.41) is 18.4. The largest absolute Gasteiger partial charge is 0.507 e. The summed E-state index contributed by atoms with van der Waals surface area (Å²) in [7, 11) is 0. The highest BCUT2D eigenvalue weighted by Gasteiger charge is 2.19. The van der Waals surface area contributed by atoms with E-state index in [2.05, 4.69) is 36.4 Å². The molecule has 0 spiro atoms. The van der Waals surface area contributed by atoms with Crippen molar-refractivity contribution in [3.63, 3.8) is 0 Å². The van der Waals surface area contributed by atoms with Crippen LogP contribution in [0, 0.1) is 27.7 Å². The second kappa shape index (κ2) is 8.92. The van der Waals surface area contributed by atoms with Gasteiger partial charge in [-0.3, -0.25) is 0 Å². The van der Waals surface area contributed by atoms with E-state index in [0.717, 1.165) is 22.3 Å². The Labute approximate surface area is 190 Å². The minimum atomic E-state index is 0.414. The van der Waals surface area contributed by atoms with Gasteiger partial charge in [0.1, 0.15) is 11.5 Å². The first-order chi connectivity index (χ1) is 15.3. The monoisotopic (exact) mass is 422 g/mol. The molecule has 2 aliphatic carbocycles. The van der Waals surface area contributed by atoms with Gasteiger partial charge in [-0.05, 0) is 96.2 Å². The van der Waals surface area contributed by atoms with E-state index >= 15 is 0 Å². The summed E-state index contributed by atoms with van der Waals surface area (Å²) in [4.78, 5) is 0. The normalized spacial score (nSPS) is 11.8. The first kappa shape index (κ1) is 21.7. The molecule has 0 aliphatic heterocycles. The number of fused-ring (bicyclic) bond motifs is 2. The second-order valence-corrected chi connectivity index (χ2v) is 8.80. The predicted molar refractivity (Wildman–Crippen MR) is 133 cm³/mol. The zero-order chi connectivity index (χ0) is 22.8. The highest BCUT2D eigenvalue weighted by atomic mass is 16.3. The Kier molecular flexibility index (Phi) is 6.05. The molecule has 0 aromatic heterocycles. The van der Waals surface area contributed by atoms with Crippen molar-refractivity contribution in [2.75, 3.05) is 0 Å². The summed E-state index contributed by atoms with van der Waals surface area (Å²) in [5.74, 6) is 0.829. The lowest BCUT2D eigenvalue weighted by Crippen LogP contribution is -1.76. The zero-order valence-corrected chi connectivity index (χ0v) is 19.2. The molecular formula is C30H30O2. The van der Waals surface area contributed by atoms with E-state index in [1.165, 1.54) is 46.2 Å². The van der Waals surface area contributed by atoms with Gasteiger partial charge in [0, 0.05) is 0 Å². The van der Waals surface area contributed by atoms with Crippen molar-refractivity contribution in [1.82, 2.24) is 0 Å². The molecule has 0 fully saturated rings. The van der Waals surface area contributed by atoms with E-state index < -0.39 is 0 Å². The number of benzene rings is 4. The maximum atomic E-state index is 9.21. The number of hydrogen-bond donors (Lipinski definition) is 2. The molecule has 0 amide bonds. The lowest BCUT2D eigenvalue weighted by atomic mass is 10.1. The van der Waals surface area contributed by atoms with Crippen molar-refractivity contribution in [3.05, 3.63) is 117 Å². The first-order valence-corrected chi connectivity index (χ1v) is 11.1. The Bertz CT molecular complexity index is 1140. The van der Waals surface area contributed by atoms with E-state index in [4.69, 9.17) is 0 Å². The van der Waals surface area contributed by atoms with Crippen LogP contribution in [-0.4, -0.2) is 10.2 Å². The Morgan fingerprint density at radius 1 is 0.469 bits per heavy atom. The molecule has 6 rings (SSSR count). The third kappa shape index (κ3) is 5.03. The van der Waals surface area contributed by atoms with Gasteiger partial charge in [0.15, 0.2) is 0 Å². The molecule has 2 heteroatoms. The SMILES string of the molecule is Cc1cccc(C)c1O.Cc1cccc(C)c1O.c1cc2c(cc1-c1ccc3c(c1)C3)C2. The molecule has 2 aliphatic rings. The summed E-state index contributed by atoms with van der Waals surface area (Å²) in [6.07, 6.45) is 2.43. The van der Waals surface area contributed by atoms with Crippen LogP contribution in [0.5, 0.6) is 11.5 Å². The number of phenolic OH excluding ortho intramolecular Hbond substituents is 2. The van der Waals surface area contributed by atoms with Gasteiger partial charge in [0.25, 0.3) is 0 Å². The molecule has 162 valence electrons. The molecule has 32 heavy (non-hydrogen) atoms. The molecule has 0 radical (unpaired) electrons. The van der Waals surface area contributed by atoms with Gasteiger partial charge in [-0.2, -0.15) is 0 Å². The van der Waals surface area contributed by atoms with Crippen molar-refractivity contribution in [2.24, 2.45) is 0 Å². The van der Waals surface area contributed by atoms with Crippen molar-refractivity contribution in [3.8, 4) is 22.6 Å². The molecule has 0 unspecified atom stereocenters. The van der Waals surface area contributed by atoms with Crippen LogP contribution < -0.4 is 0 Å². The van der Waals surface area contributed by atoms with Gasteiger partial charge in [0.2, 0.25) is 0 Å². The molecule has 0 heterocycles. The maximum absolute atomic E-state index is 9.21. The van der Waals surface area contributed by atoms with Crippen LogP contribution in [0.4, 0.5) is 0 Å². The Morgan fingerprint density at radius 2 is 0.812 bits per heavy atom. The third-order valence-electron chi connectivity index (χ3n) is 6.14. The summed E-state index contributed by atoms with van der Waals surface area (Å²) in [6.45, 7) is 7.56. The summed E-state index contributed by atoms with van der Waals surface area (Å²) < 4.78 is 0. The molecule has 2 nitrogen and oxygen atoms in total. The van der Waals surface area contributed by atoms with Gasteiger partial charge in [-0.1, -0.05) is 72.8 Å². The smallest absolute Gasteiger partial charge is 0.121 e. The van der Waals surface area contributed by atoms with Gasteiger partial charge < -0.3 is 10.2 Å². The minimum Gasteiger partial charge on any atom is -0.507 e. The molecule has 4 aromatic rings. The zero-order valence-electron chi connectivity index (χ0n) is 19.2. The fourth-order valence-corrected chi connectivity index (χ4v) is 3.76. The van der Waals surface area contributed by atoms with Gasteiger partial charge in [-0.15, -0.1) is 0 Å². The van der Waals surface area contributed by atoms with Crippen molar-refractivity contribution < 1.29 is 10.2 Å². The average molecular weight is 423 g/mol. The summed E-state index contributed by atoms with van der Waals surface area (Å²) in [6, 6.07) is 25.1. The first-order valence-electron chi connectivity index (χ1n) is 11.1. The fraction of sp³-hybridized carbons (Fsp3) is 0.200. The van der Waals surface area contributed by atoms with E-state index in [1.54, 1.807) is 0 Å². The Morgan fingerprint density at radius 3 is 1.09 bits per heavy atom. The van der Waals surface area contributed by atoms with Gasteiger partial charge >= 0.3 is 0 Å². The van der Waals surface area contributed by atoms with Crippen LogP contribution in [0.1, 0.15) is 44.5 Å². The number of phenols is 2. The number of aryl methyl sites for hydroxylation is 4. The van der Waals surface area contributed by atoms with E-state index in [1.807, 2.05) is 64.1 Å². The van der Waals surface area contributed by atoms with Crippen molar-refractivity contribution >= 4 is 0 Å². The number of para-hydroxylation sites is 2. The average Bonchev–Trinajstić information content (AvgIpc) is 3.70. The molecule has 0 saturated heterocycles. The standard InChI is InChI=1S/C14H10.2C8H10O/c1-3-11-7-13(11)5-9(1)10-2-4-12-8-14(12)6-10;2*1-6-4-3-5-7(2)8(6)9/h1-6H,7-8H2;2*3-5,9H,1-2H3. The molecular weight excluding hydrogens is 392 g/mol. The number of aromatic hydroxyl groups is 2. The third-order valence-corrected chi connectivity index (χ3v) is 6.14. The quantitative estimate of drug-likeness (QED) is 0.295. The van der Waals surface area contributed by atoms with Crippen molar-refractivity contribution in [1.29, 1.82) is 0 Å². The lowest BCUT2D eigenvalue weighted by Gasteiger charge is -1.99. The lowest BCUT2D eigenvalue weighted by molar-refractivity contribution is 0.466.